The summed E-state index contributed by atoms with van der Waals surface area (Å²) in [5, 5.41) is 3.37. The molecular weight excluding hydrogens is 276 g/mol. The van der Waals surface area contributed by atoms with Crippen LogP contribution < -0.4 is 15.8 Å². The third-order valence-electron chi connectivity index (χ3n) is 3.93. The van der Waals surface area contributed by atoms with Gasteiger partial charge in [0.25, 0.3) is 0 Å². The Morgan fingerprint density at radius 2 is 1.86 bits per heavy atom. The SMILES string of the molecule is CCCCCCNc1nc(C2CC2)nc(OCCCC)c1N. The van der Waals surface area contributed by atoms with Crippen LogP contribution in [0.1, 0.15) is 77.0 Å². The first-order valence-corrected chi connectivity index (χ1v) is 8.80. The molecule has 0 spiro atoms. The van der Waals surface area contributed by atoms with Gasteiger partial charge in [-0.15, -0.1) is 0 Å². The molecule has 124 valence electrons. The van der Waals surface area contributed by atoms with E-state index in [0.717, 1.165) is 37.4 Å². The number of hydrogen-bond acceptors (Lipinski definition) is 5. The largest absolute Gasteiger partial charge is 0.476 e. The van der Waals surface area contributed by atoms with Crippen LogP contribution >= 0.6 is 0 Å². The zero-order valence-corrected chi connectivity index (χ0v) is 14.0. The lowest BCUT2D eigenvalue weighted by Gasteiger charge is -2.14. The molecule has 1 aliphatic rings. The number of rotatable bonds is 11. The summed E-state index contributed by atoms with van der Waals surface area (Å²) in [6.07, 6.45) is 9.37. The Morgan fingerprint density at radius 3 is 2.55 bits per heavy atom. The van der Waals surface area contributed by atoms with Crippen molar-refractivity contribution in [1.82, 2.24) is 9.97 Å². The molecule has 0 aromatic carbocycles. The van der Waals surface area contributed by atoms with E-state index in [1.165, 1.54) is 32.1 Å². The van der Waals surface area contributed by atoms with Crippen LogP contribution in [-0.2, 0) is 0 Å². The van der Waals surface area contributed by atoms with Gasteiger partial charge in [-0.3, -0.25) is 0 Å². The van der Waals surface area contributed by atoms with Crippen molar-refractivity contribution >= 4 is 11.5 Å². The number of ether oxygens (including phenoxy) is 1. The Balaban J connectivity index is 1.99. The van der Waals surface area contributed by atoms with Crippen LogP contribution in [0, 0.1) is 0 Å². The molecule has 1 fully saturated rings. The lowest BCUT2D eigenvalue weighted by Crippen LogP contribution is -2.12. The van der Waals surface area contributed by atoms with Gasteiger partial charge in [-0.1, -0.05) is 39.5 Å². The van der Waals surface area contributed by atoms with Crippen LogP contribution in [0.4, 0.5) is 11.5 Å². The molecule has 1 heterocycles. The zero-order chi connectivity index (χ0) is 15.8. The van der Waals surface area contributed by atoms with Crippen molar-refractivity contribution in [3.05, 3.63) is 5.82 Å². The van der Waals surface area contributed by atoms with Gasteiger partial charge in [0, 0.05) is 12.5 Å². The number of unbranched alkanes of at least 4 members (excludes halogenated alkanes) is 4. The highest BCUT2D eigenvalue weighted by molar-refractivity contribution is 5.67. The van der Waals surface area contributed by atoms with Crippen LogP contribution in [0.15, 0.2) is 0 Å². The Morgan fingerprint density at radius 1 is 1.09 bits per heavy atom. The molecule has 1 aliphatic carbocycles. The van der Waals surface area contributed by atoms with Crippen molar-refractivity contribution in [1.29, 1.82) is 0 Å². The summed E-state index contributed by atoms with van der Waals surface area (Å²) in [7, 11) is 0. The second kappa shape index (κ2) is 8.81. The van der Waals surface area contributed by atoms with E-state index in [0.29, 0.717) is 24.1 Å². The molecule has 5 heteroatoms. The first-order valence-electron chi connectivity index (χ1n) is 8.80. The van der Waals surface area contributed by atoms with Crippen LogP contribution in [0.2, 0.25) is 0 Å². The minimum Gasteiger partial charge on any atom is -0.476 e. The molecule has 0 unspecified atom stereocenters. The number of nitrogens with two attached hydrogens (primary N) is 1. The predicted molar refractivity (Wildman–Crippen MR) is 91.5 cm³/mol. The Hall–Kier alpha value is -1.52. The molecule has 0 saturated heterocycles. The van der Waals surface area contributed by atoms with E-state index in [4.69, 9.17) is 10.5 Å². The van der Waals surface area contributed by atoms with Gasteiger partial charge in [-0.2, -0.15) is 4.98 Å². The molecule has 5 nitrogen and oxygen atoms in total. The van der Waals surface area contributed by atoms with E-state index in [-0.39, 0.29) is 0 Å². The van der Waals surface area contributed by atoms with Crippen LogP contribution in [0.5, 0.6) is 5.88 Å². The van der Waals surface area contributed by atoms with Gasteiger partial charge in [0.15, 0.2) is 5.82 Å². The van der Waals surface area contributed by atoms with Gasteiger partial charge >= 0.3 is 0 Å². The molecule has 0 amide bonds. The minimum absolute atomic E-state index is 0.495. The summed E-state index contributed by atoms with van der Waals surface area (Å²) in [5.74, 6) is 2.69. The Bertz CT molecular complexity index is 460. The van der Waals surface area contributed by atoms with Gasteiger partial charge in [-0.05, 0) is 25.7 Å². The summed E-state index contributed by atoms with van der Waals surface area (Å²) >= 11 is 0. The monoisotopic (exact) mass is 306 g/mol. The standard InChI is InChI=1S/C17H30N4O/c1-3-5-7-8-11-19-16-14(18)17(22-12-6-4-2)21-15(20-16)13-9-10-13/h13H,3-12,18H2,1-2H3,(H,19,20,21). The highest BCUT2D eigenvalue weighted by Gasteiger charge is 2.28. The summed E-state index contributed by atoms with van der Waals surface area (Å²) < 4.78 is 5.77. The number of nitrogen functional groups attached to an aromatic ring is 1. The smallest absolute Gasteiger partial charge is 0.242 e. The van der Waals surface area contributed by atoms with Gasteiger partial charge in [0.05, 0.1) is 6.61 Å². The second-order valence-electron chi connectivity index (χ2n) is 6.11. The predicted octanol–water partition coefficient (Wildman–Crippen LogP) is 4.11. The molecule has 3 N–H and O–H groups in total. The molecule has 0 bridgehead atoms. The molecule has 0 atom stereocenters. The average Bonchev–Trinajstić information content (AvgIpc) is 3.35. The number of anilines is 2. The van der Waals surface area contributed by atoms with Crippen molar-refractivity contribution < 1.29 is 4.74 Å². The van der Waals surface area contributed by atoms with E-state index < -0.39 is 0 Å². The fourth-order valence-corrected chi connectivity index (χ4v) is 2.31. The topological polar surface area (TPSA) is 73.1 Å². The van der Waals surface area contributed by atoms with E-state index in [1.54, 1.807) is 0 Å². The van der Waals surface area contributed by atoms with Crippen molar-refractivity contribution in [2.75, 3.05) is 24.2 Å². The van der Waals surface area contributed by atoms with E-state index >= 15 is 0 Å². The van der Waals surface area contributed by atoms with Gasteiger partial charge in [0.1, 0.15) is 11.5 Å². The van der Waals surface area contributed by atoms with Gasteiger partial charge in [-0.25, -0.2) is 4.98 Å². The highest BCUT2D eigenvalue weighted by Crippen LogP contribution is 2.40. The van der Waals surface area contributed by atoms with E-state index in [9.17, 15) is 0 Å². The first-order chi connectivity index (χ1) is 10.8. The van der Waals surface area contributed by atoms with Crippen LogP contribution in [0.25, 0.3) is 0 Å². The fourth-order valence-electron chi connectivity index (χ4n) is 2.31. The average molecular weight is 306 g/mol. The molecular formula is C17H30N4O. The van der Waals surface area contributed by atoms with Crippen LogP contribution in [0.3, 0.4) is 0 Å². The fraction of sp³-hybridized carbons (Fsp3) is 0.765. The summed E-state index contributed by atoms with van der Waals surface area (Å²) in [6, 6.07) is 0. The molecule has 1 aromatic heterocycles. The lowest BCUT2D eigenvalue weighted by atomic mass is 10.2. The summed E-state index contributed by atoms with van der Waals surface area (Å²) in [4.78, 5) is 9.14. The zero-order valence-electron chi connectivity index (χ0n) is 14.0. The second-order valence-corrected chi connectivity index (χ2v) is 6.11. The van der Waals surface area contributed by atoms with Gasteiger partial charge < -0.3 is 15.8 Å². The van der Waals surface area contributed by atoms with E-state index in [2.05, 4.69) is 29.1 Å². The maximum atomic E-state index is 6.18. The van der Waals surface area contributed by atoms with Crippen LogP contribution in [-0.4, -0.2) is 23.1 Å². The number of nitrogens with zero attached hydrogens (tertiary/aromatic N) is 2. The molecule has 1 aromatic rings. The molecule has 22 heavy (non-hydrogen) atoms. The van der Waals surface area contributed by atoms with Crippen molar-refractivity contribution in [3.8, 4) is 5.88 Å². The summed E-state index contributed by atoms with van der Waals surface area (Å²) in [5.41, 5.74) is 6.74. The number of nitrogens with one attached hydrogen (secondary N) is 1. The minimum atomic E-state index is 0.495. The van der Waals surface area contributed by atoms with Crippen molar-refractivity contribution in [2.24, 2.45) is 0 Å². The molecule has 1 saturated carbocycles. The normalized spacial score (nSPS) is 14.1. The van der Waals surface area contributed by atoms with Gasteiger partial charge in [0.2, 0.25) is 5.88 Å². The third-order valence-corrected chi connectivity index (χ3v) is 3.93. The van der Waals surface area contributed by atoms with Crippen molar-refractivity contribution in [2.45, 2.75) is 71.1 Å². The summed E-state index contributed by atoms with van der Waals surface area (Å²) in [6.45, 7) is 5.93. The maximum absolute atomic E-state index is 6.18. The van der Waals surface area contributed by atoms with Crippen molar-refractivity contribution in [3.63, 3.8) is 0 Å². The first kappa shape index (κ1) is 16.8. The Kier molecular flexibility index (Phi) is 6.74. The van der Waals surface area contributed by atoms with E-state index in [1.807, 2.05) is 0 Å². The third kappa shape index (κ3) is 5.04. The number of aromatic nitrogens is 2. The molecule has 0 aliphatic heterocycles. The maximum Gasteiger partial charge on any atom is 0.242 e. The number of hydrogen-bond donors (Lipinski definition) is 2. The lowest BCUT2D eigenvalue weighted by molar-refractivity contribution is 0.298. The Labute approximate surface area is 134 Å². The quantitative estimate of drug-likeness (QED) is 0.602. The molecule has 0 radical (unpaired) electrons. The molecule has 2 rings (SSSR count). The highest BCUT2D eigenvalue weighted by atomic mass is 16.5.